The molecule has 5 rings (SSSR count). The number of benzene rings is 2. The first-order valence-corrected chi connectivity index (χ1v) is 11.9. The number of amides is 2. The molecule has 1 saturated heterocycles. The maximum absolute atomic E-state index is 13.3. The first-order chi connectivity index (χ1) is 16.2. The van der Waals surface area contributed by atoms with E-state index in [4.69, 9.17) is 4.74 Å². The molecular weight excluding hydrogens is 432 g/mol. The van der Waals surface area contributed by atoms with E-state index in [9.17, 15) is 19.5 Å². The number of aliphatic carboxylic acids is 1. The smallest absolute Gasteiger partial charge is 0.407 e. The van der Waals surface area contributed by atoms with E-state index >= 15 is 0 Å². The van der Waals surface area contributed by atoms with Crippen molar-refractivity contribution in [1.29, 1.82) is 0 Å². The SMILES string of the molecule is CC1(C)CCN(C(=O)C2(CNC(=O)OCC3c4ccccc4-c4ccccc43)CC2)C1C(=O)O. The topological polar surface area (TPSA) is 95.9 Å². The van der Waals surface area contributed by atoms with Crippen molar-refractivity contribution in [2.45, 2.75) is 45.1 Å². The van der Waals surface area contributed by atoms with E-state index in [-0.39, 0.29) is 25.0 Å². The standard InChI is InChI=1S/C27H30N2O5/c1-26(2)13-14-29(22(26)23(30)31)24(32)27(11-12-27)16-28-25(33)34-15-21-19-9-5-3-7-17(19)18-8-4-6-10-20(18)21/h3-10,21-22H,11-16H2,1-2H3,(H,28,33)(H,30,31). The molecule has 0 spiro atoms. The Balaban J connectivity index is 1.21. The molecule has 2 fully saturated rings. The van der Waals surface area contributed by atoms with E-state index in [1.165, 1.54) is 4.90 Å². The molecule has 7 heteroatoms. The lowest BCUT2D eigenvalue weighted by Crippen LogP contribution is -2.50. The quantitative estimate of drug-likeness (QED) is 0.676. The van der Waals surface area contributed by atoms with Gasteiger partial charge in [-0.25, -0.2) is 9.59 Å². The van der Waals surface area contributed by atoms with Crippen molar-refractivity contribution in [3.8, 4) is 11.1 Å². The van der Waals surface area contributed by atoms with Gasteiger partial charge in [0.05, 0.1) is 5.41 Å². The van der Waals surface area contributed by atoms with Gasteiger partial charge < -0.3 is 20.1 Å². The Labute approximate surface area is 199 Å². The molecule has 0 bridgehead atoms. The number of rotatable bonds is 6. The van der Waals surface area contributed by atoms with Crippen molar-refractivity contribution < 1.29 is 24.2 Å². The molecular formula is C27H30N2O5. The highest BCUT2D eigenvalue weighted by Crippen LogP contribution is 2.49. The number of alkyl carbamates (subject to hydrolysis) is 1. The maximum Gasteiger partial charge on any atom is 0.407 e. The average Bonchev–Trinajstić information content (AvgIpc) is 3.45. The lowest BCUT2D eigenvalue weighted by molar-refractivity contribution is -0.153. The van der Waals surface area contributed by atoms with Crippen molar-refractivity contribution in [3.63, 3.8) is 0 Å². The summed E-state index contributed by atoms with van der Waals surface area (Å²) in [5, 5.41) is 12.5. The van der Waals surface area contributed by atoms with Crippen molar-refractivity contribution in [3.05, 3.63) is 59.7 Å². The number of carboxylic acids is 1. The second-order valence-electron chi connectivity index (χ2n) is 10.4. The van der Waals surface area contributed by atoms with E-state index in [2.05, 4.69) is 29.6 Å². The molecule has 0 radical (unpaired) electrons. The second kappa shape index (κ2) is 8.15. The maximum atomic E-state index is 13.3. The lowest BCUT2D eigenvalue weighted by Gasteiger charge is -2.31. The van der Waals surface area contributed by atoms with Crippen LogP contribution < -0.4 is 5.32 Å². The zero-order chi connectivity index (χ0) is 24.1. The van der Waals surface area contributed by atoms with Gasteiger partial charge in [-0.1, -0.05) is 62.4 Å². The van der Waals surface area contributed by atoms with Gasteiger partial charge in [0, 0.05) is 19.0 Å². The number of nitrogens with one attached hydrogen (secondary N) is 1. The summed E-state index contributed by atoms with van der Waals surface area (Å²) in [5.41, 5.74) is 3.41. The van der Waals surface area contributed by atoms with E-state index in [0.29, 0.717) is 25.8 Å². The number of hydrogen-bond donors (Lipinski definition) is 2. The molecule has 1 unspecified atom stereocenters. The predicted octanol–water partition coefficient (Wildman–Crippen LogP) is 4.02. The first-order valence-electron chi connectivity index (χ1n) is 11.9. The predicted molar refractivity (Wildman–Crippen MR) is 126 cm³/mol. The molecule has 2 aliphatic carbocycles. The van der Waals surface area contributed by atoms with Gasteiger partial charge in [0.2, 0.25) is 5.91 Å². The van der Waals surface area contributed by atoms with Crippen LogP contribution in [0.15, 0.2) is 48.5 Å². The molecule has 0 aromatic heterocycles. The van der Waals surface area contributed by atoms with Crippen LogP contribution in [0.1, 0.15) is 50.2 Å². The van der Waals surface area contributed by atoms with Crippen LogP contribution in [-0.4, -0.2) is 53.7 Å². The Kier molecular flexibility index (Phi) is 5.38. The van der Waals surface area contributed by atoms with Crippen LogP contribution in [0.3, 0.4) is 0 Å². The summed E-state index contributed by atoms with van der Waals surface area (Å²) in [4.78, 5) is 39.2. The lowest BCUT2D eigenvalue weighted by atomic mass is 9.84. The van der Waals surface area contributed by atoms with Crippen molar-refractivity contribution in [2.75, 3.05) is 19.7 Å². The molecule has 34 heavy (non-hydrogen) atoms. The number of ether oxygens (including phenoxy) is 1. The number of carboxylic acid groups (broad SMARTS) is 1. The van der Waals surface area contributed by atoms with Gasteiger partial charge >= 0.3 is 12.1 Å². The van der Waals surface area contributed by atoms with E-state index < -0.39 is 28.9 Å². The Hall–Kier alpha value is -3.35. The van der Waals surface area contributed by atoms with Crippen LogP contribution >= 0.6 is 0 Å². The molecule has 2 aromatic carbocycles. The second-order valence-corrected chi connectivity index (χ2v) is 10.4. The summed E-state index contributed by atoms with van der Waals surface area (Å²) in [6.45, 7) is 4.56. The summed E-state index contributed by atoms with van der Waals surface area (Å²) in [6.07, 6.45) is 1.36. The molecule has 1 atom stereocenters. The zero-order valence-corrected chi connectivity index (χ0v) is 19.5. The van der Waals surface area contributed by atoms with Crippen LogP contribution in [0.2, 0.25) is 0 Å². The largest absolute Gasteiger partial charge is 0.480 e. The number of likely N-dealkylation sites (tertiary alicyclic amines) is 1. The Morgan fingerprint density at radius 3 is 2.15 bits per heavy atom. The van der Waals surface area contributed by atoms with Gasteiger partial charge in [-0.15, -0.1) is 0 Å². The van der Waals surface area contributed by atoms with Crippen LogP contribution in [0.5, 0.6) is 0 Å². The third-order valence-corrected chi connectivity index (χ3v) is 7.77. The van der Waals surface area contributed by atoms with Crippen LogP contribution in [-0.2, 0) is 14.3 Å². The van der Waals surface area contributed by atoms with Crippen LogP contribution in [0, 0.1) is 10.8 Å². The number of hydrogen-bond acceptors (Lipinski definition) is 4. The number of carbonyl (C=O) groups is 3. The minimum atomic E-state index is -0.976. The molecule has 1 heterocycles. The summed E-state index contributed by atoms with van der Waals surface area (Å²) < 4.78 is 5.59. The van der Waals surface area contributed by atoms with Gasteiger partial charge in [0.1, 0.15) is 12.6 Å². The molecule has 1 saturated carbocycles. The highest BCUT2D eigenvalue weighted by atomic mass is 16.5. The third kappa shape index (κ3) is 3.73. The minimum absolute atomic E-state index is 0.0298. The number of carbonyl (C=O) groups excluding carboxylic acids is 2. The highest BCUT2D eigenvalue weighted by molar-refractivity contribution is 5.91. The molecule has 7 nitrogen and oxygen atoms in total. The molecule has 2 N–H and O–H groups in total. The fourth-order valence-electron chi connectivity index (χ4n) is 5.60. The molecule has 2 aromatic rings. The summed E-state index contributed by atoms with van der Waals surface area (Å²) >= 11 is 0. The summed E-state index contributed by atoms with van der Waals surface area (Å²) in [6, 6.07) is 15.5. The van der Waals surface area contributed by atoms with E-state index in [1.807, 2.05) is 38.1 Å². The molecule has 178 valence electrons. The monoisotopic (exact) mass is 462 g/mol. The highest BCUT2D eigenvalue weighted by Gasteiger charge is 2.57. The molecule has 2 amide bonds. The average molecular weight is 463 g/mol. The van der Waals surface area contributed by atoms with Gasteiger partial charge in [0.15, 0.2) is 0 Å². The number of fused-ring (bicyclic) bond motifs is 3. The fourth-order valence-corrected chi connectivity index (χ4v) is 5.60. The van der Waals surface area contributed by atoms with Crippen molar-refractivity contribution in [1.82, 2.24) is 10.2 Å². The van der Waals surface area contributed by atoms with Crippen LogP contribution in [0.25, 0.3) is 11.1 Å². The third-order valence-electron chi connectivity index (χ3n) is 7.77. The van der Waals surface area contributed by atoms with E-state index in [0.717, 1.165) is 22.3 Å². The fraction of sp³-hybridized carbons (Fsp3) is 0.444. The van der Waals surface area contributed by atoms with Gasteiger partial charge in [0.25, 0.3) is 0 Å². The van der Waals surface area contributed by atoms with Gasteiger partial charge in [-0.05, 0) is 46.9 Å². The van der Waals surface area contributed by atoms with Crippen LogP contribution in [0.4, 0.5) is 4.79 Å². The summed E-state index contributed by atoms with van der Waals surface area (Å²) in [7, 11) is 0. The number of nitrogens with zero attached hydrogens (tertiary/aromatic N) is 1. The zero-order valence-electron chi connectivity index (χ0n) is 19.5. The molecule has 3 aliphatic rings. The Morgan fingerprint density at radius 2 is 1.59 bits per heavy atom. The van der Waals surface area contributed by atoms with Gasteiger partial charge in [-0.3, -0.25) is 4.79 Å². The van der Waals surface area contributed by atoms with Gasteiger partial charge in [-0.2, -0.15) is 0 Å². The van der Waals surface area contributed by atoms with Crippen molar-refractivity contribution >= 4 is 18.0 Å². The normalized spacial score (nSPS) is 21.5. The first kappa shape index (κ1) is 22.4. The Morgan fingerprint density at radius 1 is 1.00 bits per heavy atom. The molecule has 1 aliphatic heterocycles. The minimum Gasteiger partial charge on any atom is -0.480 e. The van der Waals surface area contributed by atoms with E-state index in [1.54, 1.807) is 0 Å². The van der Waals surface area contributed by atoms with Crippen molar-refractivity contribution in [2.24, 2.45) is 10.8 Å². The summed E-state index contributed by atoms with van der Waals surface area (Å²) in [5.74, 6) is -1.18. The Bertz CT molecular complexity index is 1110.